The summed E-state index contributed by atoms with van der Waals surface area (Å²) in [5.41, 5.74) is 0.501. The van der Waals surface area contributed by atoms with Crippen molar-refractivity contribution in [1.29, 1.82) is 0 Å². The van der Waals surface area contributed by atoms with Crippen LogP contribution in [0, 0.1) is 17.8 Å². The monoisotopic (exact) mass is 452 g/mol. The molecular formula is C22H32N2O6S. The third-order valence-electron chi connectivity index (χ3n) is 5.27. The third kappa shape index (κ3) is 5.98. The molecule has 0 aromatic heterocycles. The summed E-state index contributed by atoms with van der Waals surface area (Å²) < 4.78 is 34.2. The van der Waals surface area contributed by atoms with Gasteiger partial charge in [0.05, 0.1) is 13.2 Å². The van der Waals surface area contributed by atoms with E-state index < -0.39 is 28.3 Å². The van der Waals surface area contributed by atoms with Gasteiger partial charge in [-0.25, -0.2) is 8.42 Å². The van der Waals surface area contributed by atoms with Gasteiger partial charge < -0.3 is 19.8 Å². The maximum atomic E-state index is 13.4. The Kier molecular flexibility index (Phi) is 8.49. The van der Waals surface area contributed by atoms with Crippen LogP contribution in [0.25, 0.3) is 0 Å². The lowest BCUT2D eigenvalue weighted by atomic mass is 10.0. The lowest BCUT2D eigenvalue weighted by Gasteiger charge is -2.37. The van der Waals surface area contributed by atoms with Crippen molar-refractivity contribution in [2.75, 3.05) is 26.7 Å². The van der Waals surface area contributed by atoms with Crippen LogP contribution >= 0.6 is 0 Å². The lowest BCUT2D eigenvalue weighted by molar-refractivity contribution is -0.131. The minimum Gasteiger partial charge on any atom is -0.487 e. The zero-order valence-electron chi connectivity index (χ0n) is 18.7. The van der Waals surface area contributed by atoms with Crippen LogP contribution in [0.15, 0.2) is 23.1 Å². The van der Waals surface area contributed by atoms with Gasteiger partial charge in [0, 0.05) is 37.5 Å². The topological polar surface area (TPSA) is 107 Å². The molecule has 0 fully saturated rings. The molecular weight excluding hydrogens is 420 g/mol. The van der Waals surface area contributed by atoms with E-state index in [2.05, 4.69) is 11.8 Å². The van der Waals surface area contributed by atoms with Crippen LogP contribution in [-0.2, 0) is 14.8 Å². The molecule has 1 aliphatic rings. The Morgan fingerprint density at radius 1 is 1.39 bits per heavy atom. The SMILES string of the molecule is CCC(=O)N(C)C[C@H]1Oc2cc(C#C[C@H](C)O)ccc2S(=O)(=O)N([C@H](C)CO)C[C@@H]1C. The van der Waals surface area contributed by atoms with E-state index in [9.17, 15) is 23.4 Å². The molecule has 172 valence electrons. The predicted octanol–water partition coefficient (Wildman–Crippen LogP) is 1.06. The number of hydrogen-bond acceptors (Lipinski definition) is 6. The molecule has 1 heterocycles. The first kappa shape index (κ1) is 25.1. The summed E-state index contributed by atoms with van der Waals surface area (Å²) >= 11 is 0. The molecule has 1 aromatic rings. The Balaban J connectivity index is 2.58. The Bertz CT molecular complexity index is 950. The highest BCUT2D eigenvalue weighted by Crippen LogP contribution is 2.34. The van der Waals surface area contributed by atoms with Crippen molar-refractivity contribution in [3.05, 3.63) is 23.8 Å². The van der Waals surface area contributed by atoms with Crippen LogP contribution < -0.4 is 4.74 Å². The van der Waals surface area contributed by atoms with Gasteiger partial charge >= 0.3 is 0 Å². The van der Waals surface area contributed by atoms with Gasteiger partial charge in [0.15, 0.2) is 0 Å². The number of likely N-dealkylation sites (N-methyl/N-ethyl adjacent to an activating group) is 1. The maximum Gasteiger partial charge on any atom is 0.247 e. The fourth-order valence-corrected chi connectivity index (χ4v) is 5.18. The molecule has 2 N–H and O–H groups in total. The molecule has 0 radical (unpaired) electrons. The molecule has 1 aliphatic heterocycles. The molecule has 8 nitrogen and oxygen atoms in total. The number of amides is 1. The number of hydrogen-bond donors (Lipinski definition) is 2. The van der Waals surface area contributed by atoms with E-state index in [0.717, 1.165) is 0 Å². The standard InChI is InChI=1S/C22H32N2O6S/c1-6-22(27)23(5)13-20-15(2)12-24(16(3)14-25)31(28,29)21-10-9-18(8-7-17(4)26)11-19(21)30-20/h9-11,15-17,20,25-26H,6,12-14H2,1-5H3/t15-,16+,17-,20+/m0/s1. The average molecular weight is 453 g/mol. The van der Waals surface area contributed by atoms with E-state index in [1.807, 2.05) is 6.92 Å². The fourth-order valence-electron chi connectivity index (χ4n) is 3.35. The molecule has 0 aliphatic carbocycles. The van der Waals surface area contributed by atoms with Crippen molar-refractivity contribution >= 4 is 15.9 Å². The quantitative estimate of drug-likeness (QED) is 0.647. The van der Waals surface area contributed by atoms with Crippen molar-refractivity contribution < 1.29 is 28.2 Å². The number of sulfonamides is 1. The second-order valence-corrected chi connectivity index (χ2v) is 9.83. The second-order valence-electron chi connectivity index (χ2n) is 7.97. The number of rotatable bonds is 5. The summed E-state index contributed by atoms with van der Waals surface area (Å²) in [4.78, 5) is 13.7. The molecule has 0 unspecified atom stereocenters. The zero-order chi connectivity index (χ0) is 23.3. The van der Waals surface area contributed by atoms with Gasteiger partial charge in [-0.05, 0) is 32.0 Å². The molecule has 4 atom stereocenters. The van der Waals surface area contributed by atoms with Gasteiger partial charge in [0.1, 0.15) is 22.9 Å². The van der Waals surface area contributed by atoms with Crippen LogP contribution in [0.5, 0.6) is 5.75 Å². The molecule has 0 saturated carbocycles. The number of benzene rings is 1. The minimum absolute atomic E-state index is 0.0169. The van der Waals surface area contributed by atoms with Gasteiger partial charge in [-0.2, -0.15) is 4.31 Å². The Labute approximate surface area is 184 Å². The first-order chi connectivity index (χ1) is 14.5. The third-order valence-corrected chi connectivity index (χ3v) is 7.29. The fraction of sp³-hybridized carbons (Fsp3) is 0.591. The highest BCUT2D eigenvalue weighted by Gasteiger charge is 2.38. The van der Waals surface area contributed by atoms with Crippen LogP contribution in [0.3, 0.4) is 0 Å². The van der Waals surface area contributed by atoms with Gasteiger partial charge in [0.25, 0.3) is 0 Å². The van der Waals surface area contributed by atoms with Crippen molar-refractivity contribution in [3.63, 3.8) is 0 Å². The number of aliphatic hydroxyl groups is 2. The predicted molar refractivity (Wildman–Crippen MR) is 117 cm³/mol. The lowest BCUT2D eigenvalue weighted by Crippen LogP contribution is -2.50. The maximum absolute atomic E-state index is 13.4. The normalized spacial score (nSPS) is 22.5. The Morgan fingerprint density at radius 2 is 2.06 bits per heavy atom. The Hall–Kier alpha value is -2.12. The van der Waals surface area contributed by atoms with Gasteiger partial charge in [0.2, 0.25) is 15.9 Å². The van der Waals surface area contributed by atoms with Crippen LogP contribution in [0.4, 0.5) is 0 Å². The number of fused-ring (bicyclic) bond motifs is 1. The average Bonchev–Trinajstić information content (AvgIpc) is 2.73. The van der Waals surface area contributed by atoms with Crippen molar-refractivity contribution in [2.45, 2.75) is 57.3 Å². The molecule has 0 saturated heterocycles. The van der Waals surface area contributed by atoms with Crippen LogP contribution in [-0.4, -0.2) is 78.7 Å². The van der Waals surface area contributed by atoms with Crippen molar-refractivity contribution in [3.8, 4) is 17.6 Å². The first-order valence-electron chi connectivity index (χ1n) is 10.4. The Morgan fingerprint density at radius 3 is 2.65 bits per heavy atom. The molecule has 1 aromatic carbocycles. The van der Waals surface area contributed by atoms with E-state index in [0.29, 0.717) is 12.0 Å². The molecule has 0 bridgehead atoms. The van der Waals surface area contributed by atoms with Crippen LogP contribution in [0.1, 0.15) is 39.7 Å². The summed E-state index contributed by atoms with van der Waals surface area (Å²) in [6.07, 6.45) is -0.938. The smallest absolute Gasteiger partial charge is 0.247 e. The number of nitrogens with zero attached hydrogens (tertiary/aromatic N) is 2. The van der Waals surface area contributed by atoms with E-state index >= 15 is 0 Å². The van der Waals surface area contributed by atoms with E-state index in [-0.39, 0.29) is 42.2 Å². The minimum atomic E-state index is -3.94. The zero-order valence-corrected chi connectivity index (χ0v) is 19.5. The highest BCUT2D eigenvalue weighted by molar-refractivity contribution is 7.89. The van der Waals surface area contributed by atoms with Crippen LogP contribution in [0.2, 0.25) is 0 Å². The van der Waals surface area contributed by atoms with Gasteiger partial charge in [-0.15, -0.1) is 0 Å². The number of aliphatic hydroxyl groups excluding tert-OH is 2. The number of carbonyl (C=O) groups excluding carboxylic acids is 1. The summed E-state index contributed by atoms with van der Waals surface area (Å²) in [5, 5.41) is 19.1. The molecule has 2 rings (SSSR count). The molecule has 1 amide bonds. The van der Waals surface area contributed by atoms with Gasteiger partial charge in [-0.3, -0.25) is 4.79 Å². The van der Waals surface area contributed by atoms with Crippen molar-refractivity contribution in [1.82, 2.24) is 9.21 Å². The highest BCUT2D eigenvalue weighted by atomic mass is 32.2. The largest absolute Gasteiger partial charge is 0.487 e. The first-order valence-corrected chi connectivity index (χ1v) is 11.8. The summed E-state index contributed by atoms with van der Waals surface area (Å²) in [6, 6.07) is 3.91. The number of carbonyl (C=O) groups is 1. The second kappa shape index (κ2) is 10.5. The van der Waals surface area contributed by atoms with Crippen molar-refractivity contribution in [2.24, 2.45) is 5.92 Å². The molecule has 31 heavy (non-hydrogen) atoms. The summed E-state index contributed by atoms with van der Waals surface area (Å²) in [7, 11) is -2.25. The van der Waals surface area contributed by atoms with E-state index in [1.54, 1.807) is 31.9 Å². The number of ether oxygens (including phenoxy) is 1. The van der Waals surface area contributed by atoms with E-state index in [4.69, 9.17) is 4.74 Å². The van der Waals surface area contributed by atoms with Gasteiger partial charge in [-0.1, -0.05) is 25.7 Å². The molecule has 0 spiro atoms. The van der Waals surface area contributed by atoms with E-state index in [1.165, 1.54) is 23.4 Å². The summed E-state index contributed by atoms with van der Waals surface area (Å²) in [5.74, 6) is 5.28. The molecule has 9 heteroatoms. The summed E-state index contributed by atoms with van der Waals surface area (Å²) in [6.45, 7) is 6.94.